The second kappa shape index (κ2) is 5.89. The van der Waals surface area contributed by atoms with Crippen molar-refractivity contribution in [2.45, 2.75) is 0 Å². The first-order valence-electron chi connectivity index (χ1n) is 7.51. The van der Waals surface area contributed by atoms with E-state index >= 15 is 0 Å². The fraction of sp³-hybridized carbons (Fsp3) is 0. The Morgan fingerprint density at radius 3 is 2.50 bits per heavy atom. The number of hydrogen-bond acceptors (Lipinski definition) is 4. The monoisotopic (exact) mass is 348 g/mol. The number of halogens is 2. The van der Waals surface area contributed by atoms with E-state index in [1.807, 2.05) is 0 Å². The Hall–Kier alpha value is -3.86. The molecule has 4 rings (SSSR count). The van der Waals surface area contributed by atoms with E-state index in [2.05, 4.69) is 19.9 Å². The topological polar surface area (TPSA) is 74.0 Å². The Morgan fingerprint density at radius 2 is 1.81 bits per heavy atom. The van der Waals surface area contributed by atoms with Crippen LogP contribution in [0.25, 0.3) is 33.0 Å². The highest BCUT2D eigenvalue weighted by Crippen LogP contribution is 2.27. The molecule has 0 unspecified atom stereocenters. The van der Waals surface area contributed by atoms with Crippen molar-refractivity contribution in [1.82, 2.24) is 19.7 Å². The van der Waals surface area contributed by atoms with Gasteiger partial charge in [0.25, 0.3) is 0 Å². The molecule has 0 saturated heterocycles. The summed E-state index contributed by atoms with van der Waals surface area (Å²) in [6.45, 7) is 7.01. The van der Waals surface area contributed by atoms with Gasteiger partial charge in [-0.3, -0.25) is 0 Å². The minimum absolute atomic E-state index is 0.0343. The summed E-state index contributed by atoms with van der Waals surface area (Å²) in [6.07, 6.45) is 1.51. The van der Waals surface area contributed by atoms with Gasteiger partial charge in [-0.1, -0.05) is 12.1 Å². The summed E-state index contributed by atoms with van der Waals surface area (Å²) >= 11 is 0. The van der Waals surface area contributed by atoms with Gasteiger partial charge in [-0.25, -0.2) is 28.3 Å². The minimum atomic E-state index is -0.781. The molecule has 8 heteroatoms. The SMILES string of the molecule is [C-]#[N+]c1ccc(-n2ncc3c(N)nc(-c4ccc(F)cc4F)nc32)cc1. The van der Waals surface area contributed by atoms with Gasteiger partial charge in [0.15, 0.2) is 17.2 Å². The van der Waals surface area contributed by atoms with Crippen LogP contribution in [0.5, 0.6) is 0 Å². The smallest absolute Gasteiger partial charge is 0.187 e. The first-order chi connectivity index (χ1) is 12.6. The molecule has 0 aliphatic heterocycles. The third kappa shape index (κ3) is 2.52. The van der Waals surface area contributed by atoms with Crippen molar-refractivity contribution in [3.8, 4) is 17.1 Å². The van der Waals surface area contributed by atoms with Crippen LogP contribution in [0.15, 0.2) is 48.7 Å². The van der Waals surface area contributed by atoms with E-state index in [1.165, 1.54) is 16.9 Å². The van der Waals surface area contributed by atoms with Crippen LogP contribution in [0.1, 0.15) is 0 Å². The Kier molecular flexibility index (Phi) is 3.55. The molecule has 126 valence electrons. The molecule has 0 bridgehead atoms. The number of aromatic nitrogens is 4. The molecule has 6 nitrogen and oxygen atoms in total. The first kappa shape index (κ1) is 15.7. The van der Waals surface area contributed by atoms with Crippen LogP contribution < -0.4 is 5.73 Å². The maximum absolute atomic E-state index is 14.1. The summed E-state index contributed by atoms with van der Waals surface area (Å²) in [5.74, 6) is -1.30. The highest BCUT2D eigenvalue weighted by molar-refractivity contribution is 5.88. The van der Waals surface area contributed by atoms with E-state index in [1.54, 1.807) is 24.3 Å². The molecule has 0 atom stereocenters. The molecular weight excluding hydrogens is 338 g/mol. The maximum Gasteiger partial charge on any atom is 0.187 e. The Balaban J connectivity index is 1.91. The third-order valence-electron chi connectivity index (χ3n) is 3.85. The number of hydrogen-bond donors (Lipinski definition) is 1. The van der Waals surface area contributed by atoms with Gasteiger partial charge in [0.2, 0.25) is 0 Å². The number of nitrogens with two attached hydrogens (primary N) is 1. The number of benzene rings is 2. The zero-order valence-electron chi connectivity index (χ0n) is 13.2. The average molecular weight is 348 g/mol. The predicted molar refractivity (Wildman–Crippen MR) is 92.7 cm³/mol. The highest BCUT2D eigenvalue weighted by Gasteiger charge is 2.16. The molecule has 2 aromatic carbocycles. The number of nitrogens with zero attached hydrogens (tertiary/aromatic N) is 5. The molecule has 4 aromatic rings. The van der Waals surface area contributed by atoms with E-state index in [4.69, 9.17) is 12.3 Å². The lowest BCUT2D eigenvalue weighted by Crippen LogP contribution is -2.02. The fourth-order valence-electron chi connectivity index (χ4n) is 2.58. The molecule has 0 radical (unpaired) electrons. The van der Waals surface area contributed by atoms with Crippen LogP contribution in [0.3, 0.4) is 0 Å². The summed E-state index contributed by atoms with van der Waals surface area (Å²) in [5.41, 5.74) is 7.55. The van der Waals surface area contributed by atoms with E-state index in [0.717, 1.165) is 12.1 Å². The van der Waals surface area contributed by atoms with Crippen LogP contribution in [-0.2, 0) is 0 Å². The van der Waals surface area contributed by atoms with Crippen molar-refractivity contribution < 1.29 is 8.78 Å². The summed E-state index contributed by atoms with van der Waals surface area (Å²) in [4.78, 5) is 11.8. The van der Waals surface area contributed by atoms with Gasteiger partial charge in [0.05, 0.1) is 29.4 Å². The number of anilines is 1. The summed E-state index contributed by atoms with van der Waals surface area (Å²) < 4.78 is 28.8. The normalized spacial score (nSPS) is 10.8. The molecule has 2 N–H and O–H groups in total. The lowest BCUT2D eigenvalue weighted by molar-refractivity contribution is 0.585. The van der Waals surface area contributed by atoms with Crippen LogP contribution in [-0.4, -0.2) is 19.7 Å². The molecule has 0 saturated carbocycles. The number of nitrogen functional groups attached to an aromatic ring is 1. The molecule has 2 heterocycles. The molecule has 0 fully saturated rings. The quantitative estimate of drug-likeness (QED) is 0.558. The van der Waals surface area contributed by atoms with E-state index in [9.17, 15) is 8.78 Å². The number of rotatable bonds is 2. The van der Waals surface area contributed by atoms with Crippen LogP contribution >= 0.6 is 0 Å². The summed E-state index contributed by atoms with van der Waals surface area (Å²) in [5, 5.41) is 4.76. The molecule has 0 spiro atoms. The molecule has 26 heavy (non-hydrogen) atoms. The van der Waals surface area contributed by atoms with Crippen molar-refractivity contribution >= 4 is 22.5 Å². The Bertz CT molecular complexity index is 1170. The molecular formula is C18H10F2N6. The van der Waals surface area contributed by atoms with Crippen molar-refractivity contribution in [1.29, 1.82) is 0 Å². The molecule has 0 amide bonds. The van der Waals surface area contributed by atoms with Gasteiger partial charge in [-0.05, 0) is 24.3 Å². The van der Waals surface area contributed by atoms with Crippen LogP contribution in [0.4, 0.5) is 20.3 Å². The third-order valence-corrected chi connectivity index (χ3v) is 3.85. The van der Waals surface area contributed by atoms with Crippen molar-refractivity contribution in [2.75, 3.05) is 5.73 Å². The zero-order valence-corrected chi connectivity index (χ0v) is 13.2. The van der Waals surface area contributed by atoms with Crippen molar-refractivity contribution in [3.05, 3.63) is 71.7 Å². The van der Waals surface area contributed by atoms with Crippen molar-refractivity contribution in [2.24, 2.45) is 0 Å². The average Bonchev–Trinajstić information content (AvgIpc) is 3.06. The standard InChI is InChI=1S/C18H10F2N6/c1-22-11-3-5-12(6-4-11)26-18-14(9-23-26)16(21)24-17(25-18)13-7-2-10(19)8-15(13)20/h2-9H,(H2,21,24,25). The van der Waals surface area contributed by atoms with E-state index in [0.29, 0.717) is 22.4 Å². The van der Waals surface area contributed by atoms with Gasteiger partial charge in [-0.15, -0.1) is 0 Å². The summed E-state index contributed by atoms with van der Waals surface area (Å²) in [7, 11) is 0. The summed E-state index contributed by atoms with van der Waals surface area (Å²) in [6, 6.07) is 9.90. The lowest BCUT2D eigenvalue weighted by atomic mass is 10.2. The van der Waals surface area contributed by atoms with Gasteiger partial charge in [0.1, 0.15) is 17.5 Å². The molecule has 2 aromatic heterocycles. The lowest BCUT2D eigenvalue weighted by Gasteiger charge is -2.07. The minimum Gasteiger partial charge on any atom is -0.383 e. The van der Waals surface area contributed by atoms with Gasteiger partial charge >= 0.3 is 0 Å². The van der Waals surface area contributed by atoms with Gasteiger partial charge < -0.3 is 5.73 Å². The van der Waals surface area contributed by atoms with Crippen LogP contribution in [0, 0.1) is 18.2 Å². The Morgan fingerprint density at radius 1 is 1.04 bits per heavy atom. The number of fused-ring (bicyclic) bond motifs is 1. The second-order valence-corrected chi connectivity index (χ2v) is 5.48. The predicted octanol–water partition coefficient (Wildman–Crippen LogP) is 3.89. The largest absolute Gasteiger partial charge is 0.383 e. The van der Waals surface area contributed by atoms with E-state index < -0.39 is 11.6 Å². The van der Waals surface area contributed by atoms with Gasteiger partial charge in [-0.2, -0.15) is 5.10 Å². The second-order valence-electron chi connectivity index (χ2n) is 5.48. The zero-order chi connectivity index (χ0) is 18.3. The maximum atomic E-state index is 14.1. The van der Waals surface area contributed by atoms with Crippen molar-refractivity contribution in [3.63, 3.8) is 0 Å². The molecule has 0 aliphatic carbocycles. The highest BCUT2D eigenvalue weighted by atomic mass is 19.1. The fourth-order valence-corrected chi connectivity index (χ4v) is 2.58. The first-order valence-corrected chi connectivity index (χ1v) is 7.51. The van der Waals surface area contributed by atoms with Crippen LogP contribution in [0.2, 0.25) is 0 Å². The van der Waals surface area contributed by atoms with Gasteiger partial charge in [0, 0.05) is 6.07 Å². The van der Waals surface area contributed by atoms with E-state index in [-0.39, 0.29) is 17.2 Å². The molecule has 0 aliphatic rings. The Labute approximate surface area is 146 Å².